The third-order valence-electron chi connectivity index (χ3n) is 3.58. The van der Waals surface area contributed by atoms with Gasteiger partial charge in [0.15, 0.2) is 0 Å². The van der Waals surface area contributed by atoms with Gasteiger partial charge in [-0.15, -0.1) is 0 Å². The second kappa shape index (κ2) is 9.68. The Morgan fingerprint density at radius 1 is 0.828 bits per heavy atom. The number of benzene rings is 2. The Labute approximate surface area is 168 Å². The molecule has 0 aliphatic carbocycles. The quantitative estimate of drug-likeness (QED) is 0.671. The molecule has 0 radical (unpaired) electrons. The minimum atomic E-state index is -0.594. The number of hydrogen-bond donors (Lipinski definition) is 3. The summed E-state index contributed by atoms with van der Waals surface area (Å²) >= 11 is 0. The molecule has 3 amide bonds. The van der Waals surface area contributed by atoms with Gasteiger partial charge in [0, 0.05) is 5.69 Å². The molecule has 2 rings (SSSR count). The molecule has 0 saturated carbocycles. The van der Waals surface area contributed by atoms with E-state index in [9.17, 15) is 18.8 Å². The zero-order valence-electron chi connectivity index (χ0n) is 16.5. The first-order valence-electron chi connectivity index (χ1n) is 9.02. The van der Waals surface area contributed by atoms with Crippen molar-refractivity contribution in [2.45, 2.75) is 39.2 Å². The number of carbonyl (C=O) groups excluding carboxylic acids is 3. The molecular formula is C21H24FN3O4. The van der Waals surface area contributed by atoms with Crippen molar-refractivity contribution in [3.63, 3.8) is 0 Å². The molecule has 0 fully saturated rings. The third-order valence-corrected chi connectivity index (χ3v) is 3.58. The van der Waals surface area contributed by atoms with Crippen LogP contribution in [-0.2, 0) is 27.2 Å². The van der Waals surface area contributed by atoms with E-state index in [-0.39, 0.29) is 18.7 Å². The van der Waals surface area contributed by atoms with Gasteiger partial charge in [0.1, 0.15) is 11.4 Å². The third kappa shape index (κ3) is 8.42. The van der Waals surface area contributed by atoms with Gasteiger partial charge in [-0.2, -0.15) is 0 Å². The Balaban J connectivity index is 1.76. The number of amides is 3. The highest BCUT2D eigenvalue weighted by Gasteiger charge is 2.16. The number of nitrogens with one attached hydrogen (secondary N) is 3. The lowest BCUT2D eigenvalue weighted by Gasteiger charge is -2.19. The predicted molar refractivity (Wildman–Crippen MR) is 106 cm³/mol. The van der Waals surface area contributed by atoms with Crippen molar-refractivity contribution in [2.24, 2.45) is 0 Å². The largest absolute Gasteiger partial charge is 0.444 e. The Morgan fingerprint density at radius 2 is 1.28 bits per heavy atom. The molecule has 0 bridgehead atoms. The van der Waals surface area contributed by atoms with Crippen LogP contribution in [-0.4, -0.2) is 23.5 Å². The molecule has 154 valence electrons. The van der Waals surface area contributed by atoms with Gasteiger partial charge in [-0.25, -0.2) is 9.18 Å². The second-order valence-electron chi connectivity index (χ2n) is 7.40. The highest BCUT2D eigenvalue weighted by Crippen LogP contribution is 2.13. The van der Waals surface area contributed by atoms with Gasteiger partial charge >= 0.3 is 6.09 Å². The Kier molecular flexibility index (Phi) is 7.30. The van der Waals surface area contributed by atoms with Crippen LogP contribution in [0, 0.1) is 5.82 Å². The van der Waals surface area contributed by atoms with Crippen LogP contribution in [0.1, 0.15) is 31.9 Å². The second-order valence-corrected chi connectivity index (χ2v) is 7.40. The van der Waals surface area contributed by atoms with Gasteiger partial charge in [0.2, 0.25) is 11.8 Å². The van der Waals surface area contributed by atoms with Gasteiger partial charge in [-0.05, 0) is 56.2 Å². The van der Waals surface area contributed by atoms with Crippen LogP contribution >= 0.6 is 0 Å². The highest BCUT2D eigenvalue weighted by atomic mass is 19.1. The van der Waals surface area contributed by atoms with E-state index in [1.165, 1.54) is 24.3 Å². The standard InChI is InChI=1S/C21H24FN3O4/c1-21(2,3)29-20(28)23-17-10-6-15(7-11-17)13-19(27)25-24-18(26)12-14-4-8-16(22)9-5-14/h4-11H,12-13H2,1-3H3,(H,23,28)(H,24,26)(H,25,27). The normalized spacial score (nSPS) is 10.8. The molecule has 0 aromatic heterocycles. The molecule has 0 saturated heterocycles. The topological polar surface area (TPSA) is 96.5 Å². The maximum Gasteiger partial charge on any atom is 0.412 e. The summed E-state index contributed by atoms with van der Waals surface area (Å²) in [5.41, 5.74) is 5.93. The fourth-order valence-corrected chi connectivity index (χ4v) is 2.33. The molecule has 8 heteroatoms. The summed E-state index contributed by atoms with van der Waals surface area (Å²) in [5.74, 6) is -1.19. The molecule has 3 N–H and O–H groups in total. The minimum Gasteiger partial charge on any atom is -0.444 e. The van der Waals surface area contributed by atoms with Crippen LogP contribution in [0.5, 0.6) is 0 Å². The van der Waals surface area contributed by atoms with E-state index in [1.54, 1.807) is 45.0 Å². The van der Waals surface area contributed by atoms with Gasteiger partial charge in [-0.3, -0.25) is 25.8 Å². The number of ether oxygens (including phenoxy) is 1. The average Bonchev–Trinajstić information content (AvgIpc) is 2.62. The lowest BCUT2D eigenvalue weighted by Crippen LogP contribution is -2.43. The smallest absolute Gasteiger partial charge is 0.412 e. The van der Waals surface area contributed by atoms with Crippen molar-refractivity contribution >= 4 is 23.6 Å². The summed E-state index contributed by atoms with van der Waals surface area (Å²) in [6.45, 7) is 5.31. The van der Waals surface area contributed by atoms with E-state index in [2.05, 4.69) is 16.2 Å². The molecule has 2 aromatic carbocycles. The van der Waals surface area contributed by atoms with Crippen molar-refractivity contribution in [1.82, 2.24) is 10.9 Å². The van der Waals surface area contributed by atoms with Crippen molar-refractivity contribution in [2.75, 3.05) is 5.32 Å². The number of carbonyl (C=O) groups is 3. The monoisotopic (exact) mass is 401 g/mol. The van der Waals surface area contributed by atoms with Crippen LogP contribution in [0.15, 0.2) is 48.5 Å². The molecule has 0 aliphatic heterocycles. The molecular weight excluding hydrogens is 377 g/mol. The summed E-state index contributed by atoms with van der Waals surface area (Å²) in [6.07, 6.45) is -0.498. The van der Waals surface area contributed by atoms with Gasteiger partial charge in [0.25, 0.3) is 0 Å². The van der Waals surface area contributed by atoms with Crippen LogP contribution in [0.2, 0.25) is 0 Å². The number of anilines is 1. The van der Waals surface area contributed by atoms with Crippen LogP contribution in [0.3, 0.4) is 0 Å². The summed E-state index contributed by atoms with van der Waals surface area (Å²) in [5, 5.41) is 2.60. The maximum absolute atomic E-state index is 12.9. The molecule has 29 heavy (non-hydrogen) atoms. The van der Waals surface area contributed by atoms with Crippen molar-refractivity contribution < 1.29 is 23.5 Å². The van der Waals surface area contributed by atoms with E-state index in [4.69, 9.17) is 4.74 Å². The van der Waals surface area contributed by atoms with Crippen molar-refractivity contribution in [3.05, 3.63) is 65.5 Å². The number of hydrazine groups is 1. The minimum absolute atomic E-state index is 0.0194. The fourth-order valence-electron chi connectivity index (χ4n) is 2.33. The van der Waals surface area contributed by atoms with Crippen LogP contribution < -0.4 is 16.2 Å². The van der Waals surface area contributed by atoms with Crippen molar-refractivity contribution in [1.29, 1.82) is 0 Å². The first-order valence-corrected chi connectivity index (χ1v) is 9.02. The molecule has 7 nitrogen and oxygen atoms in total. The van der Waals surface area contributed by atoms with Gasteiger partial charge < -0.3 is 4.74 Å². The summed E-state index contributed by atoms with van der Waals surface area (Å²) in [7, 11) is 0. The Hall–Kier alpha value is -3.42. The summed E-state index contributed by atoms with van der Waals surface area (Å²) < 4.78 is 18.0. The molecule has 0 heterocycles. The van der Waals surface area contributed by atoms with Crippen LogP contribution in [0.25, 0.3) is 0 Å². The van der Waals surface area contributed by atoms with E-state index in [0.29, 0.717) is 16.8 Å². The average molecular weight is 401 g/mol. The zero-order valence-corrected chi connectivity index (χ0v) is 16.5. The van der Waals surface area contributed by atoms with E-state index >= 15 is 0 Å². The highest BCUT2D eigenvalue weighted by molar-refractivity contribution is 5.86. The maximum atomic E-state index is 12.9. The first-order chi connectivity index (χ1) is 13.6. The lowest BCUT2D eigenvalue weighted by atomic mass is 10.1. The Morgan fingerprint density at radius 3 is 1.72 bits per heavy atom. The van der Waals surface area contributed by atoms with E-state index in [1.807, 2.05) is 0 Å². The summed E-state index contributed by atoms with van der Waals surface area (Å²) in [4.78, 5) is 35.5. The molecule has 2 aromatic rings. The Bertz CT molecular complexity index is 859. The first kappa shape index (κ1) is 21.9. The number of halogens is 1. The van der Waals surface area contributed by atoms with E-state index < -0.39 is 23.5 Å². The van der Waals surface area contributed by atoms with Crippen LogP contribution in [0.4, 0.5) is 14.9 Å². The van der Waals surface area contributed by atoms with Crippen molar-refractivity contribution in [3.8, 4) is 0 Å². The lowest BCUT2D eigenvalue weighted by molar-refractivity contribution is -0.128. The zero-order chi connectivity index (χ0) is 21.4. The molecule has 0 spiro atoms. The molecule has 0 unspecified atom stereocenters. The predicted octanol–water partition coefficient (Wildman–Crippen LogP) is 3.11. The number of hydrogen-bond acceptors (Lipinski definition) is 4. The van der Waals surface area contributed by atoms with Gasteiger partial charge in [-0.1, -0.05) is 24.3 Å². The molecule has 0 atom stereocenters. The fraction of sp³-hybridized carbons (Fsp3) is 0.286. The van der Waals surface area contributed by atoms with Gasteiger partial charge in [0.05, 0.1) is 12.8 Å². The SMILES string of the molecule is CC(C)(C)OC(=O)Nc1ccc(CC(=O)NNC(=O)Cc2ccc(F)cc2)cc1. The summed E-state index contributed by atoms with van der Waals surface area (Å²) in [6, 6.07) is 12.2. The number of rotatable bonds is 5. The van der Waals surface area contributed by atoms with E-state index in [0.717, 1.165) is 0 Å². The molecule has 0 aliphatic rings.